The van der Waals surface area contributed by atoms with E-state index in [0.717, 1.165) is 16.4 Å². The normalized spacial score (nSPS) is 18.7. The van der Waals surface area contributed by atoms with E-state index in [0.29, 0.717) is 44.7 Å². The Morgan fingerprint density at radius 3 is 2.28 bits per heavy atom. The Kier molecular flexibility index (Phi) is 5.82. The summed E-state index contributed by atoms with van der Waals surface area (Å²) in [6.45, 7) is 8.10. The second kappa shape index (κ2) is 8.57. The number of ether oxygens (including phenoxy) is 1. The van der Waals surface area contributed by atoms with Crippen molar-refractivity contribution in [3.8, 4) is 5.88 Å². The molecule has 0 aromatic carbocycles. The second-order valence-corrected chi connectivity index (χ2v) is 8.97. The minimum atomic E-state index is -0.478. The first-order valence-corrected chi connectivity index (χ1v) is 10.7. The van der Waals surface area contributed by atoms with Crippen LogP contribution < -0.4 is 14.5 Å². The van der Waals surface area contributed by atoms with Gasteiger partial charge in [0, 0.05) is 50.8 Å². The van der Waals surface area contributed by atoms with Crippen molar-refractivity contribution >= 4 is 29.4 Å². The molecule has 2 aromatic rings. The molecule has 0 unspecified atom stereocenters. The highest BCUT2D eigenvalue weighted by Crippen LogP contribution is 2.34. The fraction of sp³-hybridized carbons (Fsp3) is 0.435. The van der Waals surface area contributed by atoms with Gasteiger partial charge in [0.15, 0.2) is 0 Å². The Bertz CT molecular complexity index is 1010. The minimum absolute atomic E-state index is 0.124. The van der Waals surface area contributed by atoms with Crippen LogP contribution in [-0.2, 0) is 9.59 Å². The average molecular weight is 438 g/mol. The lowest BCUT2D eigenvalue weighted by atomic mass is 9.81. The van der Waals surface area contributed by atoms with Gasteiger partial charge in [0.25, 0.3) is 0 Å². The Balaban J connectivity index is 1.34. The van der Waals surface area contributed by atoms with Crippen LogP contribution in [0.25, 0.3) is 0 Å². The predicted molar refractivity (Wildman–Crippen MR) is 119 cm³/mol. The highest BCUT2D eigenvalue weighted by atomic mass is 16.6. The van der Waals surface area contributed by atoms with Gasteiger partial charge in [-0.05, 0) is 30.5 Å². The summed E-state index contributed by atoms with van der Waals surface area (Å²) in [5.74, 6) is 0.525. The van der Waals surface area contributed by atoms with Crippen LogP contribution in [0.4, 0.5) is 16.3 Å². The number of carbonyl (C=O) groups is 3. The average Bonchev–Trinajstić information content (AvgIpc) is 2.74. The number of piperazine rings is 1. The first-order chi connectivity index (χ1) is 15.2. The number of carbonyl (C=O) groups excluding carboxylic acids is 3. The predicted octanol–water partition coefficient (Wildman–Crippen LogP) is 2.79. The van der Waals surface area contributed by atoms with Crippen LogP contribution in [0.3, 0.4) is 0 Å². The number of hydrogen-bond acceptors (Lipinski definition) is 7. The topological polar surface area (TPSA) is 95.9 Å². The largest absolute Gasteiger partial charge is 0.416 e. The maximum Gasteiger partial charge on any atom is 0.416 e. The van der Waals surface area contributed by atoms with E-state index in [4.69, 9.17) is 4.74 Å². The van der Waals surface area contributed by atoms with Crippen molar-refractivity contribution < 1.29 is 19.1 Å². The second-order valence-electron chi connectivity index (χ2n) is 8.97. The Hall–Kier alpha value is -3.49. The first kappa shape index (κ1) is 21.7. The number of aryl methyl sites for hydroxylation is 1. The number of piperidine rings is 1. The van der Waals surface area contributed by atoms with Gasteiger partial charge in [0.05, 0.1) is 11.9 Å². The number of rotatable bonds is 3. The number of pyridine rings is 2. The van der Waals surface area contributed by atoms with Crippen molar-refractivity contribution in [2.45, 2.75) is 33.6 Å². The summed E-state index contributed by atoms with van der Waals surface area (Å²) in [5, 5.41) is 0. The molecule has 9 nitrogen and oxygen atoms in total. The summed E-state index contributed by atoms with van der Waals surface area (Å²) < 4.78 is 5.40. The zero-order chi connectivity index (χ0) is 22.9. The van der Waals surface area contributed by atoms with Gasteiger partial charge < -0.3 is 14.5 Å². The van der Waals surface area contributed by atoms with E-state index >= 15 is 0 Å². The number of aromatic nitrogens is 2. The number of hydrogen-bond donors (Lipinski definition) is 0. The highest BCUT2D eigenvalue weighted by molar-refractivity contribution is 6.16. The molecular formula is C23H27N5O4. The zero-order valence-electron chi connectivity index (χ0n) is 18.6. The maximum absolute atomic E-state index is 12.5. The monoisotopic (exact) mass is 437 g/mol. The summed E-state index contributed by atoms with van der Waals surface area (Å²) in [5.41, 5.74) is 0.998. The van der Waals surface area contributed by atoms with E-state index in [1.807, 2.05) is 39.0 Å². The molecule has 4 rings (SSSR count). The molecule has 2 aliphatic rings. The molecule has 32 heavy (non-hydrogen) atoms. The van der Waals surface area contributed by atoms with Gasteiger partial charge >= 0.3 is 6.09 Å². The van der Waals surface area contributed by atoms with Gasteiger partial charge in [-0.2, -0.15) is 0 Å². The van der Waals surface area contributed by atoms with Crippen molar-refractivity contribution in [3.05, 3.63) is 42.2 Å². The fourth-order valence-corrected chi connectivity index (χ4v) is 4.01. The molecule has 9 heteroatoms. The Morgan fingerprint density at radius 1 is 1.00 bits per heavy atom. The van der Waals surface area contributed by atoms with Gasteiger partial charge in [0.2, 0.25) is 17.7 Å². The van der Waals surface area contributed by atoms with Gasteiger partial charge in [0.1, 0.15) is 5.82 Å². The summed E-state index contributed by atoms with van der Waals surface area (Å²) in [4.78, 5) is 50.9. The third-order valence-corrected chi connectivity index (χ3v) is 5.66. The lowest BCUT2D eigenvalue weighted by Crippen LogP contribution is -2.50. The minimum Gasteiger partial charge on any atom is -0.391 e. The molecule has 4 heterocycles. The van der Waals surface area contributed by atoms with Crippen molar-refractivity contribution in [1.29, 1.82) is 0 Å². The highest BCUT2D eigenvalue weighted by Gasteiger charge is 2.38. The van der Waals surface area contributed by atoms with Crippen molar-refractivity contribution in [3.63, 3.8) is 0 Å². The van der Waals surface area contributed by atoms with Crippen LogP contribution >= 0.6 is 0 Å². The molecule has 2 aromatic heterocycles. The molecule has 2 fully saturated rings. The van der Waals surface area contributed by atoms with Crippen molar-refractivity contribution in [2.24, 2.45) is 5.41 Å². The van der Waals surface area contributed by atoms with Gasteiger partial charge in [-0.1, -0.05) is 19.9 Å². The third kappa shape index (κ3) is 4.71. The molecule has 0 bridgehead atoms. The molecule has 0 atom stereocenters. The van der Waals surface area contributed by atoms with Crippen LogP contribution in [0.15, 0.2) is 36.5 Å². The van der Waals surface area contributed by atoms with E-state index in [9.17, 15) is 14.4 Å². The quantitative estimate of drug-likeness (QED) is 0.681. The molecule has 0 spiro atoms. The van der Waals surface area contributed by atoms with E-state index in [2.05, 4.69) is 14.9 Å². The molecule has 0 aliphatic carbocycles. The van der Waals surface area contributed by atoms with Crippen LogP contribution in [0.2, 0.25) is 0 Å². The summed E-state index contributed by atoms with van der Waals surface area (Å²) in [6, 6.07) is 8.96. The number of nitrogens with zero attached hydrogens (tertiary/aromatic N) is 5. The summed E-state index contributed by atoms with van der Waals surface area (Å²) in [7, 11) is 0. The number of anilines is 2. The molecule has 2 saturated heterocycles. The Labute approximate surface area is 187 Å². The van der Waals surface area contributed by atoms with Crippen LogP contribution in [0, 0.1) is 12.3 Å². The molecular weight excluding hydrogens is 410 g/mol. The van der Waals surface area contributed by atoms with Crippen LogP contribution in [0.1, 0.15) is 32.4 Å². The molecule has 0 radical (unpaired) electrons. The molecule has 2 aliphatic heterocycles. The van der Waals surface area contributed by atoms with Gasteiger partial charge in [-0.3, -0.25) is 9.59 Å². The fourth-order valence-electron chi connectivity index (χ4n) is 4.01. The van der Waals surface area contributed by atoms with E-state index < -0.39 is 6.09 Å². The molecule has 168 valence electrons. The van der Waals surface area contributed by atoms with E-state index in [1.54, 1.807) is 11.0 Å². The number of amides is 3. The Morgan fingerprint density at radius 2 is 1.69 bits per heavy atom. The summed E-state index contributed by atoms with van der Waals surface area (Å²) in [6.07, 6.45) is 1.49. The van der Waals surface area contributed by atoms with E-state index in [-0.39, 0.29) is 23.1 Å². The van der Waals surface area contributed by atoms with Crippen molar-refractivity contribution in [1.82, 2.24) is 14.9 Å². The molecule has 0 N–H and O–H groups in total. The number of imide groups is 1. The smallest absolute Gasteiger partial charge is 0.391 e. The lowest BCUT2D eigenvalue weighted by Gasteiger charge is -2.35. The lowest BCUT2D eigenvalue weighted by molar-refractivity contribution is -0.132. The van der Waals surface area contributed by atoms with Crippen molar-refractivity contribution in [2.75, 3.05) is 36.0 Å². The van der Waals surface area contributed by atoms with Crippen LogP contribution in [0.5, 0.6) is 5.88 Å². The summed E-state index contributed by atoms with van der Waals surface area (Å²) >= 11 is 0. The first-order valence-electron chi connectivity index (χ1n) is 10.7. The van der Waals surface area contributed by atoms with E-state index in [1.165, 1.54) is 12.3 Å². The molecule has 3 amide bonds. The third-order valence-electron chi connectivity index (χ3n) is 5.66. The van der Waals surface area contributed by atoms with Gasteiger partial charge in [-0.15, -0.1) is 0 Å². The standard InChI is InChI=1S/C23H27N5O4/c1-16-5-4-6-18(25-16)26-9-11-27(12-10-26)22(31)32-19-8-7-17(15-24-19)28-20(29)13-23(2,3)14-21(28)30/h4-8,15H,9-14H2,1-3H3. The van der Waals surface area contributed by atoms with Gasteiger partial charge in [-0.25, -0.2) is 19.7 Å². The SMILES string of the molecule is Cc1cccc(N2CCN(C(=O)Oc3ccc(N4C(=O)CC(C)(C)CC4=O)cn3)CC2)n1. The van der Waals surface area contributed by atoms with Crippen LogP contribution in [-0.4, -0.2) is 59.0 Å². The maximum atomic E-state index is 12.5. The zero-order valence-corrected chi connectivity index (χ0v) is 18.6. The molecule has 0 saturated carbocycles.